The van der Waals surface area contributed by atoms with Crippen molar-refractivity contribution in [3.63, 3.8) is 0 Å². The van der Waals surface area contributed by atoms with Gasteiger partial charge in [0.15, 0.2) is 0 Å². The standard InChI is InChI=1S/C13H19NO2S/c1-17(15)9-7-14-10-11-6-8-16-13-5-3-2-4-12(11)13/h2-5,11,14H,6-10H2,1H3. The summed E-state index contributed by atoms with van der Waals surface area (Å²) in [6.07, 6.45) is 2.80. The first-order valence-corrected chi connectivity index (χ1v) is 7.72. The van der Waals surface area contributed by atoms with E-state index in [0.29, 0.717) is 5.92 Å². The van der Waals surface area contributed by atoms with Crippen molar-refractivity contribution in [3.8, 4) is 5.75 Å². The highest BCUT2D eigenvalue weighted by atomic mass is 32.2. The van der Waals surface area contributed by atoms with Crippen molar-refractivity contribution in [1.29, 1.82) is 0 Å². The van der Waals surface area contributed by atoms with E-state index in [1.54, 1.807) is 6.26 Å². The minimum absolute atomic E-state index is 0.519. The Morgan fingerprint density at radius 1 is 1.47 bits per heavy atom. The van der Waals surface area contributed by atoms with Crippen LogP contribution in [-0.2, 0) is 10.8 Å². The second-order valence-corrected chi connectivity index (χ2v) is 5.91. The Hall–Kier alpha value is -0.870. The summed E-state index contributed by atoms with van der Waals surface area (Å²) >= 11 is 0. The smallest absolute Gasteiger partial charge is 0.122 e. The molecule has 0 saturated heterocycles. The largest absolute Gasteiger partial charge is 0.493 e. The first-order valence-electron chi connectivity index (χ1n) is 6.00. The minimum atomic E-state index is -0.704. The predicted molar refractivity (Wildman–Crippen MR) is 71.1 cm³/mol. The van der Waals surface area contributed by atoms with Crippen molar-refractivity contribution < 1.29 is 8.95 Å². The maximum Gasteiger partial charge on any atom is 0.122 e. The monoisotopic (exact) mass is 253 g/mol. The molecule has 2 rings (SSSR count). The van der Waals surface area contributed by atoms with Gasteiger partial charge in [0, 0.05) is 41.8 Å². The summed E-state index contributed by atoms with van der Waals surface area (Å²) in [5.41, 5.74) is 1.30. The lowest BCUT2D eigenvalue weighted by molar-refractivity contribution is 0.265. The van der Waals surface area contributed by atoms with Gasteiger partial charge in [0.2, 0.25) is 0 Å². The van der Waals surface area contributed by atoms with Crippen molar-refractivity contribution >= 4 is 10.8 Å². The van der Waals surface area contributed by atoms with Gasteiger partial charge in [0.05, 0.1) is 6.61 Å². The maximum atomic E-state index is 10.9. The van der Waals surface area contributed by atoms with Crippen LogP contribution in [0.4, 0.5) is 0 Å². The minimum Gasteiger partial charge on any atom is -0.493 e. The summed E-state index contributed by atoms with van der Waals surface area (Å²) < 4.78 is 16.6. The molecule has 0 saturated carbocycles. The Morgan fingerprint density at radius 3 is 3.12 bits per heavy atom. The van der Waals surface area contributed by atoms with Crippen LogP contribution in [0.3, 0.4) is 0 Å². The SMILES string of the molecule is CS(=O)CCNCC1CCOc2ccccc21. The molecule has 3 nitrogen and oxygen atoms in total. The number of hydrogen-bond acceptors (Lipinski definition) is 3. The van der Waals surface area contributed by atoms with Crippen LogP contribution >= 0.6 is 0 Å². The number of rotatable bonds is 5. The molecule has 94 valence electrons. The first kappa shape index (κ1) is 12.6. The van der Waals surface area contributed by atoms with Gasteiger partial charge in [-0.05, 0) is 18.1 Å². The molecule has 1 aliphatic rings. The van der Waals surface area contributed by atoms with Gasteiger partial charge in [-0.15, -0.1) is 0 Å². The number of hydrogen-bond donors (Lipinski definition) is 1. The lowest BCUT2D eigenvalue weighted by Crippen LogP contribution is -2.28. The Morgan fingerprint density at radius 2 is 2.29 bits per heavy atom. The lowest BCUT2D eigenvalue weighted by atomic mass is 9.93. The molecule has 1 aromatic carbocycles. The highest BCUT2D eigenvalue weighted by molar-refractivity contribution is 7.84. The molecular weight excluding hydrogens is 234 g/mol. The van der Waals surface area contributed by atoms with Crippen molar-refractivity contribution in [2.75, 3.05) is 31.7 Å². The van der Waals surface area contributed by atoms with Crippen LogP contribution in [0, 0.1) is 0 Å². The van der Waals surface area contributed by atoms with Crippen LogP contribution in [0.25, 0.3) is 0 Å². The molecule has 2 atom stereocenters. The van der Waals surface area contributed by atoms with Gasteiger partial charge < -0.3 is 10.1 Å². The van der Waals surface area contributed by atoms with Gasteiger partial charge in [0.1, 0.15) is 5.75 Å². The average Bonchev–Trinajstić information content (AvgIpc) is 2.34. The molecule has 0 radical (unpaired) electrons. The molecule has 2 unspecified atom stereocenters. The van der Waals surface area contributed by atoms with Crippen LogP contribution in [0.1, 0.15) is 17.9 Å². The molecule has 0 bridgehead atoms. The fraction of sp³-hybridized carbons (Fsp3) is 0.538. The Bertz CT molecular complexity index is 395. The first-order chi connectivity index (χ1) is 8.27. The third-order valence-corrected chi connectivity index (χ3v) is 3.82. The number of fused-ring (bicyclic) bond motifs is 1. The van der Waals surface area contributed by atoms with E-state index in [9.17, 15) is 4.21 Å². The fourth-order valence-corrected chi connectivity index (χ4v) is 2.55. The Labute approximate surface area is 105 Å². The van der Waals surface area contributed by atoms with Crippen molar-refractivity contribution in [2.24, 2.45) is 0 Å². The zero-order chi connectivity index (χ0) is 12.1. The molecule has 0 fully saturated rings. The molecule has 0 spiro atoms. The maximum absolute atomic E-state index is 10.9. The van der Waals surface area contributed by atoms with Gasteiger partial charge in [-0.3, -0.25) is 4.21 Å². The molecule has 4 heteroatoms. The second-order valence-electron chi connectivity index (χ2n) is 4.35. The van der Waals surface area contributed by atoms with E-state index in [0.717, 1.165) is 37.6 Å². The lowest BCUT2D eigenvalue weighted by Gasteiger charge is -2.26. The molecule has 17 heavy (non-hydrogen) atoms. The van der Waals surface area contributed by atoms with E-state index in [2.05, 4.69) is 17.4 Å². The van der Waals surface area contributed by atoms with Crippen LogP contribution in [0.15, 0.2) is 24.3 Å². The number of benzene rings is 1. The van der Waals surface area contributed by atoms with Crippen LogP contribution < -0.4 is 10.1 Å². The van der Waals surface area contributed by atoms with E-state index < -0.39 is 10.8 Å². The van der Waals surface area contributed by atoms with E-state index in [1.165, 1.54) is 5.56 Å². The molecule has 1 aliphatic heterocycles. The number of para-hydroxylation sites is 1. The third-order valence-electron chi connectivity index (χ3n) is 3.04. The Balaban J connectivity index is 1.88. The molecule has 1 heterocycles. The summed E-state index contributed by atoms with van der Waals surface area (Å²) in [5.74, 6) is 2.26. The van der Waals surface area contributed by atoms with Crippen molar-refractivity contribution in [3.05, 3.63) is 29.8 Å². The van der Waals surface area contributed by atoms with E-state index >= 15 is 0 Å². The van der Waals surface area contributed by atoms with Crippen LogP contribution in [0.2, 0.25) is 0 Å². The second kappa shape index (κ2) is 6.17. The Kier molecular flexibility index (Phi) is 4.57. The van der Waals surface area contributed by atoms with Crippen LogP contribution in [0.5, 0.6) is 5.75 Å². The van der Waals surface area contributed by atoms with E-state index in [-0.39, 0.29) is 0 Å². The molecule has 0 aromatic heterocycles. The topological polar surface area (TPSA) is 38.3 Å². The summed E-state index contributed by atoms with van der Waals surface area (Å²) in [7, 11) is -0.704. The van der Waals surface area contributed by atoms with Gasteiger partial charge in [-0.1, -0.05) is 18.2 Å². The molecule has 1 aromatic rings. The third kappa shape index (κ3) is 3.54. The summed E-state index contributed by atoms with van der Waals surface area (Å²) in [5, 5.41) is 3.38. The quantitative estimate of drug-likeness (QED) is 0.809. The van der Waals surface area contributed by atoms with E-state index in [1.807, 2.05) is 12.1 Å². The average molecular weight is 253 g/mol. The zero-order valence-electron chi connectivity index (χ0n) is 10.1. The summed E-state index contributed by atoms with van der Waals surface area (Å²) in [6.45, 7) is 2.56. The van der Waals surface area contributed by atoms with Gasteiger partial charge in [0.25, 0.3) is 0 Å². The number of ether oxygens (including phenoxy) is 1. The van der Waals surface area contributed by atoms with Gasteiger partial charge in [-0.25, -0.2) is 0 Å². The fourth-order valence-electron chi connectivity index (χ4n) is 2.12. The van der Waals surface area contributed by atoms with Gasteiger partial charge in [-0.2, -0.15) is 0 Å². The van der Waals surface area contributed by atoms with Crippen molar-refractivity contribution in [2.45, 2.75) is 12.3 Å². The predicted octanol–water partition coefficient (Wildman–Crippen LogP) is 1.52. The zero-order valence-corrected chi connectivity index (χ0v) is 11.0. The number of nitrogens with one attached hydrogen (secondary N) is 1. The molecule has 0 aliphatic carbocycles. The molecular formula is C13H19NO2S. The van der Waals surface area contributed by atoms with Gasteiger partial charge >= 0.3 is 0 Å². The van der Waals surface area contributed by atoms with E-state index in [4.69, 9.17) is 4.74 Å². The molecule has 1 N–H and O–H groups in total. The summed E-state index contributed by atoms with van der Waals surface area (Å²) in [6, 6.07) is 8.23. The highest BCUT2D eigenvalue weighted by Crippen LogP contribution is 2.32. The highest BCUT2D eigenvalue weighted by Gasteiger charge is 2.20. The molecule has 0 amide bonds. The summed E-state index contributed by atoms with van der Waals surface area (Å²) in [4.78, 5) is 0. The normalized spacial score (nSPS) is 20.4. The van der Waals surface area contributed by atoms with Crippen LogP contribution in [-0.4, -0.2) is 35.9 Å². The van der Waals surface area contributed by atoms with Crippen molar-refractivity contribution in [1.82, 2.24) is 5.32 Å².